The maximum Gasteiger partial charge on any atom is 0.319 e. The van der Waals surface area contributed by atoms with Crippen LogP contribution in [0.15, 0.2) is 24.3 Å². The number of hydrogen-bond acceptors (Lipinski definition) is 3. The topological polar surface area (TPSA) is 29.5 Å². The molecule has 18 heavy (non-hydrogen) atoms. The minimum Gasteiger partial charge on any atom is -0.468 e. The predicted molar refractivity (Wildman–Crippen MR) is 71.6 cm³/mol. The molecule has 1 unspecified atom stereocenters. The summed E-state index contributed by atoms with van der Waals surface area (Å²) in [5.74, 6) is 0.381. The van der Waals surface area contributed by atoms with Gasteiger partial charge in [-0.2, -0.15) is 0 Å². The molecule has 0 saturated heterocycles. The first-order valence-electron chi connectivity index (χ1n) is 6.54. The van der Waals surface area contributed by atoms with Crippen LogP contribution in [-0.2, 0) is 16.0 Å². The smallest absolute Gasteiger partial charge is 0.319 e. The number of ether oxygens (including phenoxy) is 1. The zero-order chi connectivity index (χ0) is 13.0. The molecular formula is C15H21NO2. The Bertz CT molecular complexity index is 417. The molecule has 1 aromatic rings. The minimum atomic E-state index is -0.165. The van der Waals surface area contributed by atoms with Crippen molar-refractivity contribution in [2.75, 3.05) is 27.2 Å². The van der Waals surface area contributed by atoms with Gasteiger partial charge in [0, 0.05) is 6.54 Å². The normalized spacial score (nSPS) is 18.5. The molecule has 0 saturated carbocycles. The van der Waals surface area contributed by atoms with Gasteiger partial charge in [-0.25, -0.2) is 0 Å². The number of rotatable bonds is 4. The van der Waals surface area contributed by atoms with Crippen LogP contribution in [0, 0.1) is 0 Å². The van der Waals surface area contributed by atoms with Crippen LogP contribution in [-0.4, -0.2) is 38.1 Å². The number of hydrogen-bond donors (Lipinski definition) is 0. The Morgan fingerprint density at radius 3 is 3.00 bits per heavy atom. The van der Waals surface area contributed by atoms with Gasteiger partial charge in [-0.3, -0.25) is 9.69 Å². The standard InChI is InChI=1S/C15H21NO2/c1-16(11-15(17)18-2)10-13-8-5-7-12-6-3-4-9-14(12)13/h3-4,6,9,13H,5,7-8,10-11H2,1-2H3. The summed E-state index contributed by atoms with van der Waals surface area (Å²) in [6, 6.07) is 8.67. The number of nitrogens with zero attached hydrogens (tertiary/aromatic N) is 1. The summed E-state index contributed by atoms with van der Waals surface area (Å²) >= 11 is 0. The summed E-state index contributed by atoms with van der Waals surface area (Å²) in [4.78, 5) is 13.3. The second kappa shape index (κ2) is 6.01. The summed E-state index contributed by atoms with van der Waals surface area (Å²) in [5.41, 5.74) is 2.93. The molecule has 0 spiro atoms. The quantitative estimate of drug-likeness (QED) is 0.764. The zero-order valence-electron chi connectivity index (χ0n) is 11.2. The SMILES string of the molecule is COC(=O)CN(C)CC1CCCc2ccccc21. The molecule has 0 radical (unpaired) electrons. The highest BCUT2D eigenvalue weighted by atomic mass is 16.5. The van der Waals surface area contributed by atoms with E-state index < -0.39 is 0 Å². The maximum atomic E-state index is 11.2. The van der Waals surface area contributed by atoms with Gasteiger partial charge in [0.05, 0.1) is 13.7 Å². The fraction of sp³-hybridized carbons (Fsp3) is 0.533. The van der Waals surface area contributed by atoms with Crippen LogP contribution in [0.3, 0.4) is 0 Å². The second-order valence-electron chi connectivity index (χ2n) is 5.06. The van der Waals surface area contributed by atoms with Crippen LogP contribution in [0.2, 0.25) is 0 Å². The Morgan fingerprint density at radius 2 is 2.22 bits per heavy atom. The second-order valence-corrected chi connectivity index (χ2v) is 5.06. The van der Waals surface area contributed by atoms with E-state index in [1.807, 2.05) is 7.05 Å². The molecule has 1 aromatic carbocycles. The monoisotopic (exact) mass is 247 g/mol. The Hall–Kier alpha value is -1.35. The number of carbonyl (C=O) groups excluding carboxylic acids is 1. The Kier molecular flexibility index (Phi) is 4.37. The molecule has 1 aliphatic rings. The van der Waals surface area contributed by atoms with Crippen LogP contribution < -0.4 is 0 Å². The largest absolute Gasteiger partial charge is 0.468 e. The van der Waals surface area contributed by atoms with Crippen LogP contribution in [0.25, 0.3) is 0 Å². The molecule has 0 amide bonds. The number of carbonyl (C=O) groups is 1. The molecule has 0 bridgehead atoms. The lowest BCUT2D eigenvalue weighted by molar-refractivity contribution is -0.141. The first-order valence-corrected chi connectivity index (χ1v) is 6.54. The van der Waals surface area contributed by atoms with E-state index in [2.05, 4.69) is 29.2 Å². The fourth-order valence-corrected chi connectivity index (χ4v) is 2.77. The summed E-state index contributed by atoms with van der Waals surface area (Å²) in [7, 11) is 3.42. The highest BCUT2D eigenvalue weighted by Gasteiger charge is 2.21. The third-order valence-electron chi connectivity index (χ3n) is 3.65. The number of aryl methyl sites for hydroxylation is 1. The summed E-state index contributed by atoms with van der Waals surface area (Å²) < 4.78 is 4.70. The van der Waals surface area contributed by atoms with E-state index in [1.54, 1.807) is 0 Å². The average Bonchev–Trinajstić information content (AvgIpc) is 2.39. The lowest BCUT2D eigenvalue weighted by atomic mass is 9.82. The van der Waals surface area contributed by atoms with E-state index in [4.69, 9.17) is 4.74 Å². The van der Waals surface area contributed by atoms with Crippen molar-refractivity contribution in [2.24, 2.45) is 0 Å². The molecule has 98 valence electrons. The van der Waals surface area contributed by atoms with Crippen molar-refractivity contribution in [1.29, 1.82) is 0 Å². The number of esters is 1. The van der Waals surface area contributed by atoms with E-state index >= 15 is 0 Å². The molecule has 0 N–H and O–H groups in total. The van der Waals surface area contributed by atoms with Gasteiger partial charge in [0.15, 0.2) is 0 Å². The molecule has 0 heterocycles. The molecule has 2 rings (SSSR count). The van der Waals surface area contributed by atoms with E-state index in [9.17, 15) is 4.79 Å². The Morgan fingerprint density at radius 1 is 1.44 bits per heavy atom. The van der Waals surface area contributed by atoms with Crippen molar-refractivity contribution < 1.29 is 9.53 Å². The van der Waals surface area contributed by atoms with Crippen LogP contribution >= 0.6 is 0 Å². The highest BCUT2D eigenvalue weighted by Crippen LogP contribution is 2.31. The van der Waals surface area contributed by atoms with E-state index in [1.165, 1.54) is 37.5 Å². The van der Waals surface area contributed by atoms with Gasteiger partial charge < -0.3 is 4.74 Å². The van der Waals surface area contributed by atoms with E-state index in [-0.39, 0.29) is 5.97 Å². The summed E-state index contributed by atoms with van der Waals surface area (Å²) in [6.45, 7) is 1.29. The van der Waals surface area contributed by atoms with Crippen LogP contribution in [0.4, 0.5) is 0 Å². The van der Waals surface area contributed by atoms with Gasteiger partial charge in [-0.1, -0.05) is 24.3 Å². The summed E-state index contributed by atoms with van der Waals surface area (Å²) in [5, 5.41) is 0. The van der Waals surface area contributed by atoms with Crippen molar-refractivity contribution in [3.8, 4) is 0 Å². The van der Waals surface area contributed by atoms with Crippen molar-refractivity contribution in [3.63, 3.8) is 0 Å². The van der Waals surface area contributed by atoms with Crippen molar-refractivity contribution >= 4 is 5.97 Å². The molecule has 0 aliphatic heterocycles. The Labute approximate surface area is 109 Å². The Balaban J connectivity index is 2.00. The predicted octanol–water partition coefficient (Wildman–Crippen LogP) is 2.21. The molecule has 3 nitrogen and oxygen atoms in total. The first kappa shape index (κ1) is 13.1. The van der Waals surface area contributed by atoms with Crippen LogP contribution in [0.5, 0.6) is 0 Å². The first-order chi connectivity index (χ1) is 8.70. The highest BCUT2D eigenvalue weighted by molar-refractivity contribution is 5.71. The van der Waals surface area contributed by atoms with Crippen molar-refractivity contribution in [3.05, 3.63) is 35.4 Å². The van der Waals surface area contributed by atoms with Crippen molar-refractivity contribution in [2.45, 2.75) is 25.2 Å². The number of benzene rings is 1. The van der Waals surface area contributed by atoms with E-state index in [0.29, 0.717) is 12.5 Å². The lowest BCUT2D eigenvalue weighted by Crippen LogP contribution is -2.31. The van der Waals surface area contributed by atoms with Gasteiger partial charge in [-0.05, 0) is 43.4 Å². The third kappa shape index (κ3) is 3.10. The number of fused-ring (bicyclic) bond motifs is 1. The van der Waals surface area contributed by atoms with Gasteiger partial charge in [0.1, 0.15) is 0 Å². The third-order valence-corrected chi connectivity index (χ3v) is 3.65. The van der Waals surface area contributed by atoms with Crippen molar-refractivity contribution in [1.82, 2.24) is 4.90 Å². The molecule has 3 heteroatoms. The van der Waals surface area contributed by atoms with E-state index in [0.717, 1.165) is 6.54 Å². The van der Waals surface area contributed by atoms with Crippen LogP contribution in [0.1, 0.15) is 29.9 Å². The number of likely N-dealkylation sites (N-methyl/N-ethyl adjacent to an activating group) is 1. The average molecular weight is 247 g/mol. The molecule has 1 atom stereocenters. The minimum absolute atomic E-state index is 0.165. The van der Waals surface area contributed by atoms with Gasteiger partial charge in [0.2, 0.25) is 0 Å². The fourth-order valence-electron chi connectivity index (χ4n) is 2.77. The summed E-state index contributed by atoms with van der Waals surface area (Å²) in [6.07, 6.45) is 3.64. The molecule has 0 fully saturated rings. The van der Waals surface area contributed by atoms with Gasteiger partial charge in [-0.15, -0.1) is 0 Å². The number of methoxy groups -OCH3 is 1. The molecule has 0 aromatic heterocycles. The molecular weight excluding hydrogens is 226 g/mol. The molecule has 1 aliphatic carbocycles. The van der Waals surface area contributed by atoms with Gasteiger partial charge >= 0.3 is 5.97 Å². The zero-order valence-corrected chi connectivity index (χ0v) is 11.2. The van der Waals surface area contributed by atoms with Gasteiger partial charge in [0.25, 0.3) is 0 Å². The lowest BCUT2D eigenvalue weighted by Gasteiger charge is -2.28. The maximum absolute atomic E-state index is 11.2.